The number of hydrogen-bond acceptors (Lipinski definition) is 7. The molecule has 8 nitrogen and oxygen atoms in total. The third-order valence-corrected chi connectivity index (χ3v) is 5.18. The van der Waals surface area contributed by atoms with Crippen LogP contribution in [-0.4, -0.2) is 41.6 Å². The maximum atomic E-state index is 12.4. The van der Waals surface area contributed by atoms with E-state index in [0.717, 1.165) is 5.56 Å². The normalized spacial score (nSPS) is 10.7. The minimum Gasteiger partial charge on any atom is -0.497 e. The number of nitrogens with zero attached hydrogens (tertiary/aromatic N) is 2. The van der Waals surface area contributed by atoms with E-state index in [1.165, 1.54) is 0 Å². The van der Waals surface area contributed by atoms with Gasteiger partial charge in [0.2, 0.25) is 0 Å². The average molecular weight is 480 g/mol. The van der Waals surface area contributed by atoms with Crippen LogP contribution in [0.4, 0.5) is 5.82 Å². The first kappa shape index (κ1) is 23.1. The van der Waals surface area contributed by atoms with E-state index in [1.807, 2.05) is 0 Å². The second kappa shape index (κ2) is 10.3. The predicted octanol–water partition coefficient (Wildman–Crippen LogP) is 4.86. The Morgan fingerprint density at radius 1 is 1.00 bits per heavy atom. The molecule has 0 fully saturated rings. The number of pyridine rings is 1. The molecule has 4 rings (SSSR count). The van der Waals surface area contributed by atoms with E-state index in [-0.39, 0.29) is 12.5 Å². The number of carbonyl (C=O) groups excluding carboxylic acids is 2. The summed E-state index contributed by atoms with van der Waals surface area (Å²) < 4.78 is 17.4. The summed E-state index contributed by atoms with van der Waals surface area (Å²) in [5.41, 5.74) is 2.43. The Balaban J connectivity index is 1.58. The Hall–Kier alpha value is -4.04. The molecule has 4 aromatic rings. The molecule has 0 aliphatic rings. The lowest BCUT2D eigenvalue weighted by molar-refractivity contribution is -0.140. The number of ether oxygens (including phenoxy) is 3. The Morgan fingerprint density at radius 3 is 2.38 bits per heavy atom. The van der Waals surface area contributed by atoms with Gasteiger partial charge in [0.1, 0.15) is 35.2 Å². The van der Waals surface area contributed by atoms with Crippen LogP contribution in [0.5, 0.6) is 11.5 Å². The molecule has 0 spiro atoms. The van der Waals surface area contributed by atoms with Crippen LogP contribution in [0.2, 0.25) is 5.02 Å². The zero-order valence-corrected chi connectivity index (χ0v) is 19.3. The molecule has 174 valence electrons. The first-order valence-electron chi connectivity index (χ1n) is 10.5. The lowest BCUT2D eigenvalue weighted by Crippen LogP contribution is -2.17. The van der Waals surface area contributed by atoms with Gasteiger partial charge in [-0.05, 0) is 67.6 Å². The number of nitrogens with one attached hydrogen (secondary N) is 1. The average Bonchev–Trinajstić information content (AvgIpc) is 3.21. The summed E-state index contributed by atoms with van der Waals surface area (Å²) in [5.74, 6) is 0.772. The number of aromatic nitrogens is 2. The van der Waals surface area contributed by atoms with Gasteiger partial charge >= 0.3 is 11.9 Å². The van der Waals surface area contributed by atoms with Crippen molar-refractivity contribution in [3.05, 3.63) is 77.4 Å². The van der Waals surface area contributed by atoms with Gasteiger partial charge in [-0.2, -0.15) is 0 Å². The zero-order chi connectivity index (χ0) is 24.1. The van der Waals surface area contributed by atoms with E-state index in [0.29, 0.717) is 45.9 Å². The number of rotatable bonds is 8. The summed E-state index contributed by atoms with van der Waals surface area (Å²) in [6, 6.07) is 17.1. The van der Waals surface area contributed by atoms with Crippen molar-refractivity contribution in [2.45, 2.75) is 6.92 Å². The van der Waals surface area contributed by atoms with Crippen molar-refractivity contribution < 1.29 is 23.8 Å². The van der Waals surface area contributed by atoms with Crippen LogP contribution in [0.25, 0.3) is 16.9 Å². The number of imidazole rings is 1. The number of anilines is 1. The number of halogens is 1. The molecular weight excluding hydrogens is 458 g/mol. The van der Waals surface area contributed by atoms with Crippen molar-refractivity contribution in [2.75, 3.05) is 25.6 Å². The Kier molecular flexibility index (Phi) is 6.98. The molecule has 9 heteroatoms. The van der Waals surface area contributed by atoms with E-state index >= 15 is 0 Å². The fraction of sp³-hybridized carbons (Fsp3) is 0.160. The molecule has 34 heavy (non-hydrogen) atoms. The van der Waals surface area contributed by atoms with Gasteiger partial charge < -0.3 is 19.5 Å². The maximum Gasteiger partial charge on any atom is 0.343 e. The van der Waals surface area contributed by atoms with Gasteiger partial charge in [0.25, 0.3) is 0 Å². The van der Waals surface area contributed by atoms with Crippen LogP contribution in [0.3, 0.4) is 0 Å². The standard InChI is InChI=1S/C25H22ClN3O5/c1-3-33-22(30)14-27-24-23(28-21-13-8-18(26)15-29(21)24)16-4-11-20(12-5-16)34-25(31)17-6-9-19(32-2)10-7-17/h4-13,15,27H,3,14H2,1-2H3. The number of esters is 2. The predicted molar refractivity (Wildman–Crippen MR) is 129 cm³/mol. The molecule has 0 amide bonds. The zero-order valence-electron chi connectivity index (χ0n) is 18.6. The monoisotopic (exact) mass is 479 g/mol. The van der Waals surface area contributed by atoms with Crippen molar-refractivity contribution in [3.63, 3.8) is 0 Å². The highest BCUT2D eigenvalue weighted by Gasteiger charge is 2.16. The molecule has 0 saturated heterocycles. The first-order chi connectivity index (χ1) is 16.5. The highest BCUT2D eigenvalue weighted by atomic mass is 35.5. The van der Waals surface area contributed by atoms with Crippen LogP contribution in [-0.2, 0) is 9.53 Å². The quantitative estimate of drug-likeness (QED) is 0.285. The third kappa shape index (κ3) is 5.13. The second-order valence-corrected chi connectivity index (χ2v) is 7.62. The molecule has 0 unspecified atom stereocenters. The summed E-state index contributed by atoms with van der Waals surface area (Å²) in [6.07, 6.45) is 1.71. The van der Waals surface area contributed by atoms with Crippen LogP contribution in [0.15, 0.2) is 66.9 Å². The molecule has 0 saturated carbocycles. The van der Waals surface area contributed by atoms with Crippen LogP contribution in [0, 0.1) is 0 Å². The summed E-state index contributed by atoms with van der Waals surface area (Å²) >= 11 is 6.17. The summed E-state index contributed by atoms with van der Waals surface area (Å²) in [4.78, 5) is 29.0. The van der Waals surface area contributed by atoms with E-state index in [9.17, 15) is 9.59 Å². The van der Waals surface area contributed by atoms with Crippen molar-refractivity contribution in [1.29, 1.82) is 0 Å². The highest BCUT2D eigenvalue weighted by Crippen LogP contribution is 2.31. The Bertz CT molecular complexity index is 1320. The van der Waals surface area contributed by atoms with Crippen LogP contribution in [0.1, 0.15) is 17.3 Å². The van der Waals surface area contributed by atoms with Gasteiger partial charge in [0.15, 0.2) is 0 Å². The van der Waals surface area contributed by atoms with Crippen LogP contribution < -0.4 is 14.8 Å². The Morgan fingerprint density at radius 2 is 1.71 bits per heavy atom. The van der Waals surface area contributed by atoms with Gasteiger partial charge in [0.05, 0.1) is 24.3 Å². The molecular formula is C25H22ClN3O5. The maximum absolute atomic E-state index is 12.4. The van der Waals surface area contributed by atoms with Crippen LogP contribution >= 0.6 is 11.6 Å². The molecule has 0 aliphatic carbocycles. The number of benzene rings is 2. The van der Waals surface area contributed by atoms with Crippen molar-refractivity contribution in [1.82, 2.24) is 9.38 Å². The fourth-order valence-electron chi connectivity index (χ4n) is 3.33. The molecule has 1 N–H and O–H groups in total. The second-order valence-electron chi connectivity index (χ2n) is 7.19. The van der Waals surface area contributed by atoms with Gasteiger partial charge in [-0.1, -0.05) is 11.6 Å². The molecule has 0 atom stereocenters. The fourth-order valence-corrected chi connectivity index (χ4v) is 3.49. The topological polar surface area (TPSA) is 91.2 Å². The lowest BCUT2D eigenvalue weighted by atomic mass is 10.1. The van der Waals surface area contributed by atoms with Gasteiger partial charge in [-0.25, -0.2) is 9.78 Å². The number of fused-ring (bicyclic) bond motifs is 1. The molecule has 2 aromatic carbocycles. The molecule has 0 bridgehead atoms. The highest BCUT2D eigenvalue weighted by molar-refractivity contribution is 6.30. The summed E-state index contributed by atoms with van der Waals surface area (Å²) in [7, 11) is 1.56. The van der Waals surface area contributed by atoms with Gasteiger partial charge in [-0.15, -0.1) is 0 Å². The number of carbonyl (C=O) groups is 2. The smallest absolute Gasteiger partial charge is 0.343 e. The SMILES string of the molecule is CCOC(=O)CNc1c(-c2ccc(OC(=O)c3ccc(OC)cc3)cc2)nc2ccc(Cl)cn12. The lowest BCUT2D eigenvalue weighted by Gasteiger charge is -2.09. The third-order valence-electron chi connectivity index (χ3n) is 4.95. The largest absolute Gasteiger partial charge is 0.497 e. The number of methoxy groups -OCH3 is 1. The Labute approximate surface area is 201 Å². The van der Waals surface area contributed by atoms with Crippen molar-refractivity contribution in [2.24, 2.45) is 0 Å². The van der Waals surface area contributed by atoms with Crippen molar-refractivity contribution in [3.8, 4) is 22.8 Å². The van der Waals surface area contributed by atoms with E-state index in [1.54, 1.807) is 85.3 Å². The molecule has 2 aromatic heterocycles. The minimum absolute atomic E-state index is 0.0291. The number of hydrogen-bond donors (Lipinski definition) is 1. The van der Waals surface area contributed by atoms with Crippen molar-refractivity contribution >= 4 is 35.0 Å². The van der Waals surface area contributed by atoms with E-state index in [4.69, 9.17) is 25.8 Å². The molecule has 2 heterocycles. The van der Waals surface area contributed by atoms with Gasteiger partial charge in [0, 0.05) is 11.8 Å². The molecule has 0 radical (unpaired) electrons. The minimum atomic E-state index is -0.477. The van der Waals surface area contributed by atoms with E-state index < -0.39 is 5.97 Å². The first-order valence-corrected chi connectivity index (χ1v) is 10.9. The summed E-state index contributed by atoms with van der Waals surface area (Å²) in [5, 5.41) is 3.62. The summed E-state index contributed by atoms with van der Waals surface area (Å²) in [6.45, 7) is 2.02. The van der Waals surface area contributed by atoms with E-state index in [2.05, 4.69) is 10.3 Å². The van der Waals surface area contributed by atoms with Gasteiger partial charge in [-0.3, -0.25) is 9.20 Å². The molecule has 0 aliphatic heterocycles.